The van der Waals surface area contributed by atoms with Crippen LogP contribution in [0.5, 0.6) is 5.75 Å². The van der Waals surface area contributed by atoms with Gasteiger partial charge in [-0.05, 0) is 18.6 Å². The summed E-state index contributed by atoms with van der Waals surface area (Å²) in [6, 6.07) is 3.31. The molecule has 0 aliphatic carbocycles. The molecule has 0 radical (unpaired) electrons. The number of carboxylic acids is 1. The van der Waals surface area contributed by atoms with E-state index in [2.05, 4.69) is 5.92 Å². The van der Waals surface area contributed by atoms with E-state index in [1.807, 2.05) is 0 Å². The fraction of sp³-hybridized carbons (Fsp3) is 0.250. The molecular formula is C12H11FO3. The van der Waals surface area contributed by atoms with Crippen LogP contribution in [0, 0.1) is 18.2 Å². The maximum atomic E-state index is 12.9. The molecule has 0 aliphatic rings. The molecular weight excluding hydrogens is 211 g/mol. The number of carbonyl (C=O) groups is 1. The number of ether oxygens (including phenoxy) is 1. The lowest BCUT2D eigenvalue weighted by molar-refractivity contribution is 0.0692. The predicted molar refractivity (Wildman–Crippen MR) is 56.9 cm³/mol. The molecule has 1 aromatic carbocycles. The van der Waals surface area contributed by atoms with Crippen LogP contribution in [0.25, 0.3) is 0 Å². The fourth-order valence-corrected chi connectivity index (χ4v) is 1.15. The first kappa shape index (κ1) is 12.1. The van der Waals surface area contributed by atoms with Crippen LogP contribution in [0.2, 0.25) is 0 Å². The normalized spacial score (nSPS) is 9.50. The zero-order valence-electron chi connectivity index (χ0n) is 8.57. The van der Waals surface area contributed by atoms with Gasteiger partial charge in [-0.25, -0.2) is 9.18 Å². The quantitative estimate of drug-likeness (QED) is 0.614. The molecule has 0 heterocycles. The lowest BCUT2D eigenvalue weighted by Crippen LogP contribution is -2.04. The lowest BCUT2D eigenvalue weighted by Gasteiger charge is -2.08. The Hall–Kier alpha value is -2.02. The van der Waals surface area contributed by atoms with E-state index in [-0.39, 0.29) is 17.9 Å². The molecule has 84 valence electrons. The minimum absolute atomic E-state index is 0.0320. The molecule has 1 N–H and O–H groups in total. The van der Waals surface area contributed by atoms with Crippen molar-refractivity contribution in [3.05, 3.63) is 29.6 Å². The van der Waals surface area contributed by atoms with Crippen molar-refractivity contribution in [3.8, 4) is 18.1 Å². The summed E-state index contributed by atoms with van der Waals surface area (Å²) >= 11 is 0. The van der Waals surface area contributed by atoms with Gasteiger partial charge in [0, 0.05) is 12.5 Å². The number of carboxylic acid groups (broad SMARTS) is 1. The van der Waals surface area contributed by atoms with Gasteiger partial charge in [-0.1, -0.05) is 0 Å². The zero-order chi connectivity index (χ0) is 12.0. The Morgan fingerprint density at radius 2 is 2.31 bits per heavy atom. The Balaban J connectivity index is 2.73. The van der Waals surface area contributed by atoms with E-state index < -0.39 is 11.8 Å². The molecule has 0 aliphatic heterocycles. The summed E-state index contributed by atoms with van der Waals surface area (Å²) in [6.45, 7) is 0.272. The molecule has 0 bridgehead atoms. The van der Waals surface area contributed by atoms with Crippen LogP contribution in [0.1, 0.15) is 23.2 Å². The highest BCUT2D eigenvalue weighted by molar-refractivity contribution is 5.90. The number of rotatable bonds is 5. The van der Waals surface area contributed by atoms with Gasteiger partial charge in [0.1, 0.15) is 17.1 Å². The SMILES string of the molecule is C#CCCCOc1cc(F)ccc1C(=O)O. The maximum Gasteiger partial charge on any atom is 0.339 e. The number of aromatic carboxylic acids is 1. The molecule has 3 nitrogen and oxygen atoms in total. The van der Waals surface area contributed by atoms with E-state index in [0.29, 0.717) is 12.8 Å². The van der Waals surface area contributed by atoms with E-state index in [4.69, 9.17) is 16.3 Å². The summed E-state index contributed by atoms with van der Waals surface area (Å²) < 4.78 is 18.0. The van der Waals surface area contributed by atoms with Gasteiger partial charge in [0.25, 0.3) is 0 Å². The van der Waals surface area contributed by atoms with Gasteiger partial charge < -0.3 is 9.84 Å². The van der Waals surface area contributed by atoms with Gasteiger partial charge in [-0.15, -0.1) is 12.3 Å². The summed E-state index contributed by atoms with van der Waals surface area (Å²) in [5.74, 6) is 0.787. The molecule has 0 saturated heterocycles. The van der Waals surface area contributed by atoms with Gasteiger partial charge in [0.05, 0.1) is 6.61 Å². The Bertz CT molecular complexity index is 421. The number of benzene rings is 1. The first-order valence-corrected chi connectivity index (χ1v) is 4.74. The van der Waals surface area contributed by atoms with E-state index in [0.717, 1.165) is 12.1 Å². The van der Waals surface area contributed by atoms with Crippen molar-refractivity contribution in [2.24, 2.45) is 0 Å². The number of terminal acetylenes is 1. The average molecular weight is 222 g/mol. The summed E-state index contributed by atoms with van der Waals surface area (Å²) in [7, 11) is 0. The van der Waals surface area contributed by atoms with Crippen molar-refractivity contribution in [3.63, 3.8) is 0 Å². The summed E-state index contributed by atoms with van der Waals surface area (Å²) in [6.07, 6.45) is 6.19. The van der Waals surface area contributed by atoms with Crippen molar-refractivity contribution in [2.75, 3.05) is 6.61 Å². The molecule has 16 heavy (non-hydrogen) atoms. The minimum atomic E-state index is -1.15. The molecule has 1 rings (SSSR count). The highest BCUT2D eigenvalue weighted by Crippen LogP contribution is 2.20. The second-order valence-corrected chi connectivity index (χ2v) is 3.10. The standard InChI is InChI=1S/C12H11FO3/c1-2-3-4-7-16-11-8-9(13)5-6-10(11)12(14)15/h1,5-6,8H,3-4,7H2,(H,14,15). The fourth-order valence-electron chi connectivity index (χ4n) is 1.15. The van der Waals surface area contributed by atoms with Gasteiger partial charge in [0.2, 0.25) is 0 Å². The smallest absolute Gasteiger partial charge is 0.339 e. The summed E-state index contributed by atoms with van der Waals surface area (Å²) in [5, 5.41) is 8.82. The summed E-state index contributed by atoms with van der Waals surface area (Å²) in [5.41, 5.74) is -0.0536. The molecule has 0 spiro atoms. The highest BCUT2D eigenvalue weighted by Gasteiger charge is 2.11. The Kier molecular flexibility index (Phi) is 4.34. The third-order valence-electron chi connectivity index (χ3n) is 1.90. The molecule has 4 heteroatoms. The zero-order valence-corrected chi connectivity index (χ0v) is 8.57. The second-order valence-electron chi connectivity index (χ2n) is 3.10. The van der Waals surface area contributed by atoms with Gasteiger partial charge in [-0.2, -0.15) is 0 Å². The molecule has 0 atom stereocenters. The van der Waals surface area contributed by atoms with Crippen LogP contribution in [-0.4, -0.2) is 17.7 Å². The van der Waals surface area contributed by atoms with Gasteiger partial charge >= 0.3 is 5.97 Å². The van der Waals surface area contributed by atoms with Crippen LogP contribution >= 0.6 is 0 Å². The molecule has 0 amide bonds. The number of unbranched alkanes of at least 4 members (excludes halogenated alkanes) is 1. The van der Waals surface area contributed by atoms with Crippen molar-refractivity contribution >= 4 is 5.97 Å². The van der Waals surface area contributed by atoms with Gasteiger partial charge in [0.15, 0.2) is 0 Å². The highest BCUT2D eigenvalue weighted by atomic mass is 19.1. The van der Waals surface area contributed by atoms with Crippen molar-refractivity contribution in [1.29, 1.82) is 0 Å². The van der Waals surface area contributed by atoms with E-state index in [9.17, 15) is 9.18 Å². The van der Waals surface area contributed by atoms with Crippen LogP contribution in [0.4, 0.5) is 4.39 Å². The number of halogens is 1. The second kappa shape index (κ2) is 5.76. The molecule has 0 aromatic heterocycles. The minimum Gasteiger partial charge on any atom is -0.493 e. The lowest BCUT2D eigenvalue weighted by atomic mass is 10.2. The van der Waals surface area contributed by atoms with Crippen molar-refractivity contribution < 1.29 is 19.0 Å². The van der Waals surface area contributed by atoms with E-state index in [1.165, 1.54) is 6.07 Å². The molecule has 0 unspecified atom stereocenters. The topological polar surface area (TPSA) is 46.5 Å². The van der Waals surface area contributed by atoms with Crippen LogP contribution in [0.3, 0.4) is 0 Å². The Morgan fingerprint density at radius 3 is 2.94 bits per heavy atom. The Morgan fingerprint density at radius 1 is 1.56 bits per heavy atom. The first-order chi connectivity index (χ1) is 7.65. The molecule has 0 saturated carbocycles. The van der Waals surface area contributed by atoms with Crippen LogP contribution in [-0.2, 0) is 0 Å². The van der Waals surface area contributed by atoms with E-state index in [1.54, 1.807) is 0 Å². The van der Waals surface area contributed by atoms with Crippen LogP contribution in [0.15, 0.2) is 18.2 Å². The third kappa shape index (κ3) is 3.28. The Labute approximate surface area is 92.9 Å². The van der Waals surface area contributed by atoms with E-state index >= 15 is 0 Å². The van der Waals surface area contributed by atoms with Gasteiger partial charge in [-0.3, -0.25) is 0 Å². The third-order valence-corrected chi connectivity index (χ3v) is 1.90. The van der Waals surface area contributed by atoms with Crippen LogP contribution < -0.4 is 4.74 Å². The molecule has 1 aromatic rings. The largest absolute Gasteiger partial charge is 0.493 e. The monoisotopic (exact) mass is 222 g/mol. The maximum absolute atomic E-state index is 12.9. The first-order valence-electron chi connectivity index (χ1n) is 4.74. The van der Waals surface area contributed by atoms with Crippen molar-refractivity contribution in [1.82, 2.24) is 0 Å². The molecule has 0 fully saturated rings. The number of hydrogen-bond acceptors (Lipinski definition) is 2. The summed E-state index contributed by atoms with van der Waals surface area (Å²) in [4.78, 5) is 10.8. The number of hydrogen-bond donors (Lipinski definition) is 1. The predicted octanol–water partition coefficient (Wildman–Crippen LogP) is 2.32. The van der Waals surface area contributed by atoms with Crippen molar-refractivity contribution in [2.45, 2.75) is 12.8 Å². The average Bonchev–Trinajstić information content (AvgIpc) is 2.24.